The summed E-state index contributed by atoms with van der Waals surface area (Å²) in [5, 5.41) is 6.17. The van der Waals surface area contributed by atoms with Gasteiger partial charge in [-0.3, -0.25) is 14.7 Å². The number of nitrogens with one attached hydrogen (secondary N) is 2. The molecule has 254 valence electrons. The van der Waals surface area contributed by atoms with Gasteiger partial charge in [0.25, 0.3) is 10.1 Å². The quantitative estimate of drug-likeness (QED) is 0.124. The van der Waals surface area contributed by atoms with E-state index in [0.29, 0.717) is 30.2 Å². The second kappa shape index (κ2) is 11.3. The van der Waals surface area contributed by atoms with Crippen molar-refractivity contribution in [3.63, 3.8) is 0 Å². The Morgan fingerprint density at radius 3 is 2.66 bits per heavy atom. The number of hydrogen-bond donors (Lipinski definition) is 4. The number of rotatable bonds is 7. The summed E-state index contributed by atoms with van der Waals surface area (Å²) in [4.78, 5) is 24.4. The Bertz CT molecular complexity index is 1910. The molecule has 2 aromatic heterocycles. The third kappa shape index (κ3) is 5.86. The molecule has 3 aromatic rings. The van der Waals surface area contributed by atoms with Crippen LogP contribution in [0.1, 0.15) is 37.4 Å². The van der Waals surface area contributed by atoms with Crippen LogP contribution >= 0.6 is 0 Å². The Morgan fingerprint density at radius 2 is 1.98 bits per heavy atom. The van der Waals surface area contributed by atoms with E-state index in [1.54, 1.807) is 20.8 Å². The number of aromatic nitrogens is 2. The number of pyridine rings is 2. The van der Waals surface area contributed by atoms with E-state index in [2.05, 4.69) is 20.4 Å². The van der Waals surface area contributed by atoms with Crippen LogP contribution < -0.4 is 30.7 Å². The minimum Gasteiger partial charge on any atom is -0.472 e. The normalized spacial score (nSPS) is 23.7. The first-order valence-electron chi connectivity index (χ1n) is 14.7. The molecule has 1 aromatic carbocycles. The van der Waals surface area contributed by atoms with Gasteiger partial charge >= 0.3 is 6.36 Å². The number of benzene rings is 1. The number of piperazine rings is 1. The molecule has 2 bridgehead atoms. The smallest absolute Gasteiger partial charge is 0.472 e. The average molecular weight is 687 g/mol. The topological polar surface area (TPSA) is 169 Å². The highest BCUT2D eigenvalue weighted by Gasteiger charge is 2.56. The van der Waals surface area contributed by atoms with E-state index < -0.39 is 74.5 Å². The summed E-state index contributed by atoms with van der Waals surface area (Å²) >= 11 is 0. The third-order valence-electron chi connectivity index (χ3n) is 8.96. The van der Waals surface area contributed by atoms with Gasteiger partial charge in [-0.2, -0.15) is 8.42 Å². The van der Waals surface area contributed by atoms with Crippen molar-refractivity contribution >= 4 is 38.3 Å². The fourth-order valence-corrected chi connectivity index (χ4v) is 7.39. The molecule has 5 heterocycles. The summed E-state index contributed by atoms with van der Waals surface area (Å²) in [6.07, 6.45) is -5.04. The molecule has 12 nitrogen and oxygen atoms in total. The predicted molar refractivity (Wildman–Crippen MR) is 160 cm³/mol. The number of nitrogens with zero attached hydrogens (tertiary/aromatic N) is 3. The summed E-state index contributed by atoms with van der Waals surface area (Å²) in [5.74, 6) is -4.69. The maximum absolute atomic E-state index is 16.7. The Balaban J connectivity index is 1.48. The molecule has 0 saturated carbocycles. The van der Waals surface area contributed by atoms with Crippen molar-refractivity contribution in [1.29, 1.82) is 0 Å². The molecule has 2 fully saturated rings. The van der Waals surface area contributed by atoms with Crippen LogP contribution in [-0.4, -0.2) is 77.8 Å². The lowest BCUT2D eigenvalue weighted by Gasteiger charge is -2.47. The van der Waals surface area contributed by atoms with Gasteiger partial charge < -0.3 is 25.4 Å². The van der Waals surface area contributed by atoms with E-state index in [9.17, 15) is 30.8 Å². The molecule has 0 spiro atoms. The van der Waals surface area contributed by atoms with Crippen LogP contribution in [0, 0.1) is 25.5 Å². The number of nitrogens with two attached hydrogens (primary N) is 1. The lowest BCUT2D eigenvalue weighted by molar-refractivity contribution is -0.275. The van der Waals surface area contributed by atoms with Crippen molar-refractivity contribution in [1.82, 2.24) is 20.6 Å². The van der Waals surface area contributed by atoms with Crippen LogP contribution in [0.5, 0.6) is 11.6 Å². The molecule has 18 heteroatoms. The monoisotopic (exact) mass is 686 g/mol. The fraction of sp³-hybridized carbons (Fsp3) is 0.483. The lowest BCUT2D eigenvalue weighted by atomic mass is 9.93. The zero-order valence-electron chi connectivity index (χ0n) is 25.3. The highest BCUT2D eigenvalue weighted by Crippen LogP contribution is 2.48. The summed E-state index contributed by atoms with van der Waals surface area (Å²) in [6, 6.07) is 0.776. The van der Waals surface area contributed by atoms with Gasteiger partial charge in [-0.15, -0.1) is 13.2 Å². The Labute approximate surface area is 265 Å². The van der Waals surface area contributed by atoms with E-state index in [1.807, 2.05) is 4.90 Å². The largest absolute Gasteiger partial charge is 0.573 e. The highest BCUT2D eigenvalue weighted by molar-refractivity contribution is 7.85. The predicted octanol–water partition coefficient (Wildman–Crippen LogP) is 3.53. The van der Waals surface area contributed by atoms with Gasteiger partial charge in [0.2, 0.25) is 11.8 Å². The maximum Gasteiger partial charge on any atom is 0.573 e. The molecule has 1 amide bonds. The number of nitrogen functional groups attached to an aromatic ring is 1. The van der Waals surface area contributed by atoms with Gasteiger partial charge in [0.15, 0.2) is 17.4 Å². The molecule has 4 atom stereocenters. The van der Waals surface area contributed by atoms with Gasteiger partial charge in [-0.25, -0.2) is 18.7 Å². The minimum absolute atomic E-state index is 0.00598. The van der Waals surface area contributed by atoms with Gasteiger partial charge in [0.05, 0.1) is 22.7 Å². The fourth-order valence-electron chi connectivity index (χ4n) is 6.88. The Morgan fingerprint density at radius 1 is 1.26 bits per heavy atom. The van der Waals surface area contributed by atoms with Gasteiger partial charge in [0.1, 0.15) is 23.2 Å². The molecule has 5 N–H and O–H groups in total. The van der Waals surface area contributed by atoms with Crippen molar-refractivity contribution < 1.29 is 49.2 Å². The molecule has 0 radical (unpaired) electrons. The van der Waals surface area contributed by atoms with Crippen molar-refractivity contribution in [3.8, 4) is 22.9 Å². The standard InChI is InChI=1S/C29H31F5N6O6S/c1-12-13(2)37-25-20-19(12)21(31)22(16-9-15(35)10-17(30)24(16)46-29(32,33)34)38-26(20)45-14(3)23-18-5-6-28(39-18,11-40(23)25)27(41)36-7-4-8-47(42,43)44/h9-10,14,18,23,39H,4-8,11,35H2,1-3H3,(H,36,41)(H,42,43,44)/t14?,18-,23+,28+/m0/s1. The average Bonchev–Trinajstić information content (AvgIpc) is 3.25. The number of carbonyl (C=O) groups excluding carboxylic acids is 1. The third-order valence-corrected chi connectivity index (χ3v) is 9.77. The molecule has 1 unspecified atom stereocenters. The molecule has 0 aliphatic carbocycles. The van der Waals surface area contributed by atoms with Crippen molar-refractivity contribution in [2.24, 2.45) is 0 Å². The highest BCUT2D eigenvalue weighted by atomic mass is 32.2. The number of hydrogen-bond acceptors (Lipinski definition) is 10. The second-order valence-electron chi connectivity index (χ2n) is 12.1. The number of fused-ring (bicyclic) bond motifs is 5. The van der Waals surface area contributed by atoms with E-state index in [-0.39, 0.29) is 53.7 Å². The van der Waals surface area contributed by atoms with Crippen LogP contribution in [0.2, 0.25) is 0 Å². The lowest BCUT2D eigenvalue weighted by Crippen LogP contribution is -2.71. The van der Waals surface area contributed by atoms with Crippen LogP contribution in [-0.2, 0) is 14.9 Å². The molecule has 2 saturated heterocycles. The van der Waals surface area contributed by atoms with E-state index >= 15 is 4.39 Å². The SMILES string of the molecule is Cc1nc2c3c(nc(-c4cc(N)cc(F)c4OC(F)(F)F)c(F)c3c1C)OC(C)[C@@H]1[C@@H]3CC[C@](C(=O)NCCCS(=O)(=O)O)(CN21)N3. The van der Waals surface area contributed by atoms with Crippen molar-refractivity contribution in [3.05, 3.63) is 35.0 Å². The summed E-state index contributed by atoms with van der Waals surface area (Å²) in [6.45, 7) is 4.98. The van der Waals surface area contributed by atoms with Gasteiger partial charge in [0, 0.05) is 42.0 Å². The molecule has 6 rings (SSSR count). The second-order valence-corrected chi connectivity index (χ2v) is 13.7. The van der Waals surface area contributed by atoms with Crippen LogP contribution in [0.4, 0.5) is 33.5 Å². The Hall–Kier alpha value is -4.03. The van der Waals surface area contributed by atoms with Gasteiger partial charge in [-0.1, -0.05) is 0 Å². The first-order chi connectivity index (χ1) is 21.9. The maximum atomic E-state index is 16.7. The molecule has 3 aliphatic heterocycles. The van der Waals surface area contributed by atoms with Crippen molar-refractivity contribution in [2.75, 3.05) is 29.5 Å². The first-order valence-corrected chi connectivity index (χ1v) is 16.3. The number of aryl methyl sites for hydroxylation is 2. The molecular weight excluding hydrogens is 655 g/mol. The Kier molecular flexibility index (Phi) is 7.91. The molecule has 3 aliphatic rings. The minimum atomic E-state index is -5.31. The number of anilines is 2. The van der Waals surface area contributed by atoms with Crippen LogP contribution in [0.3, 0.4) is 0 Å². The number of amides is 1. The van der Waals surface area contributed by atoms with Gasteiger partial charge in [-0.05, 0) is 51.7 Å². The summed E-state index contributed by atoms with van der Waals surface area (Å²) in [5.41, 5.74) is 3.68. The number of carbonyl (C=O) groups is 1. The van der Waals surface area contributed by atoms with E-state index in [1.165, 1.54) is 0 Å². The van der Waals surface area contributed by atoms with Crippen LogP contribution in [0.15, 0.2) is 12.1 Å². The number of halogens is 5. The molecule has 47 heavy (non-hydrogen) atoms. The zero-order valence-corrected chi connectivity index (χ0v) is 26.2. The number of ether oxygens (including phenoxy) is 2. The first kappa shape index (κ1) is 32.9. The van der Waals surface area contributed by atoms with Crippen LogP contribution in [0.25, 0.3) is 22.0 Å². The molecular formula is C29H31F5N6O6S. The van der Waals surface area contributed by atoms with Crippen molar-refractivity contribution in [2.45, 2.75) is 70.1 Å². The summed E-state index contributed by atoms with van der Waals surface area (Å²) in [7, 11) is -4.20. The number of alkyl halides is 3. The summed E-state index contributed by atoms with van der Waals surface area (Å²) < 4.78 is 113. The zero-order chi connectivity index (χ0) is 34.2. The van der Waals surface area contributed by atoms with E-state index in [0.717, 1.165) is 6.07 Å². The van der Waals surface area contributed by atoms with E-state index in [4.69, 9.17) is 20.0 Å².